The maximum absolute atomic E-state index is 13.2. The number of hydrogen-bond donors (Lipinski definition) is 1. The number of halogens is 1. The minimum Gasteiger partial charge on any atom is -0.330 e. The predicted molar refractivity (Wildman–Crippen MR) is 53.8 cm³/mol. The van der Waals surface area contributed by atoms with E-state index in [1.165, 1.54) is 6.07 Å². The fraction of sp³-hybridized carbons (Fsp3) is 0.364. The predicted octanol–water partition coefficient (Wildman–Crippen LogP) is 1.92. The highest BCUT2D eigenvalue weighted by Crippen LogP contribution is 2.13. The van der Waals surface area contributed by atoms with Gasteiger partial charge in [-0.25, -0.2) is 4.39 Å². The molecule has 0 saturated carbocycles. The lowest BCUT2D eigenvalue weighted by Gasteiger charge is -2.03. The summed E-state index contributed by atoms with van der Waals surface area (Å²) < 4.78 is 13.2. The highest BCUT2D eigenvalue weighted by Gasteiger charge is 2.10. The largest absolute Gasteiger partial charge is 0.330 e. The number of carbonyl (C=O) groups excluding carboxylic acids is 1. The molecule has 0 heterocycles. The van der Waals surface area contributed by atoms with Crippen molar-refractivity contribution in [3.8, 4) is 0 Å². The van der Waals surface area contributed by atoms with Crippen molar-refractivity contribution in [3.05, 3.63) is 35.1 Å². The smallest absolute Gasteiger partial charge is 0.167 e. The molecule has 2 nitrogen and oxygen atoms in total. The lowest BCUT2D eigenvalue weighted by atomic mass is 10.0. The minimum absolute atomic E-state index is 0.162. The van der Waals surface area contributed by atoms with Crippen LogP contribution in [0.2, 0.25) is 0 Å². The third-order valence-electron chi connectivity index (χ3n) is 2.11. The molecular formula is C11H14FNO. The molecular weight excluding hydrogens is 181 g/mol. The van der Waals surface area contributed by atoms with Crippen molar-refractivity contribution in [1.82, 2.24) is 0 Å². The molecule has 0 saturated heterocycles. The van der Waals surface area contributed by atoms with E-state index in [1.54, 1.807) is 12.1 Å². The average Bonchev–Trinajstić information content (AvgIpc) is 2.19. The van der Waals surface area contributed by atoms with Crippen molar-refractivity contribution in [2.75, 3.05) is 6.54 Å². The maximum Gasteiger partial charge on any atom is 0.167 e. The summed E-state index contributed by atoms with van der Waals surface area (Å²) in [6, 6.07) is 4.63. The Morgan fingerprint density at radius 1 is 1.50 bits per heavy atom. The lowest BCUT2D eigenvalue weighted by molar-refractivity contribution is 0.0981. The van der Waals surface area contributed by atoms with Crippen LogP contribution in [-0.2, 0) is 6.42 Å². The Labute approximate surface area is 82.9 Å². The minimum atomic E-state index is -0.458. The molecule has 14 heavy (non-hydrogen) atoms. The van der Waals surface area contributed by atoms with E-state index in [2.05, 4.69) is 0 Å². The van der Waals surface area contributed by atoms with Gasteiger partial charge in [0.15, 0.2) is 5.78 Å². The number of Topliss-reactive ketones (excluding diaryl/α,β-unsaturated/α-hetero) is 1. The molecule has 0 aliphatic rings. The highest BCUT2D eigenvalue weighted by molar-refractivity contribution is 5.96. The zero-order chi connectivity index (χ0) is 10.6. The van der Waals surface area contributed by atoms with Gasteiger partial charge in [0.2, 0.25) is 0 Å². The van der Waals surface area contributed by atoms with Crippen LogP contribution < -0.4 is 5.73 Å². The van der Waals surface area contributed by atoms with Crippen LogP contribution in [0.5, 0.6) is 0 Å². The molecule has 0 aromatic heterocycles. The van der Waals surface area contributed by atoms with Crippen LogP contribution in [0, 0.1) is 5.82 Å². The van der Waals surface area contributed by atoms with Crippen molar-refractivity contribution < 1.29 is 9.18 Å². The van der Waals surface area contributed by atoms with Crippen LogP contribution in [0.15, 0.2) is 18.2 Å². The molecule has 2 N–H and O–H groups in total. The molecule has 0 aliphatic carbocycles. The quantitative estimate of drug-likeness (QED) is 0.746. The lowest BCUT2D eigenvalue weighted by Crippen LogP contribution is -2.10. The Bertz CT molecular complexity index is 336. The van der Waals surface area contributed by atoms with Crippen LogP contribution in [0.25, 0.3) is 0 Å². The molecule has 0 spiro atoms. The second-order valence-electron chi connectivity index (χ2n) is 3.13. The molecule has 0 bridgehead atoms. The van der Waals surface area contributed by atoms with E-state index >= 15 is 0 Å². The standard InChI is InChI=1S/C11H14FNO/c1-2-8-3-4-10(12)9(7-8)11(14)5-6-13/h3-4,7H,2,5-6,13H2,1H3. The van der Waals surface area contributed by atoms with Crippen LogP contribution in [-0.4, -0.2) is 12.3 Å². The molecule has 1 aromatic rings. The fourth-order valence-electron chi connectivity index (χ4n) is 1.27. The third-order valence-corrected chi connectivity index (χ3v) is 2.11. The van der Waals surface area contributed by atoms with Crippen LogP contribution in [0.3, 0.4) is 0 Å². The van der Waals surface area contributed by atoms with Crippen LogP contribution in [0.4, 0.5) is 4.39 Å². The number of aryl methyl sites for hydroxylation is 1. The molecule has 1 aromatic carbocycles. The number of benzene rings is 1. The molecule has 0 amide bonds. The monoisotopic (exact) mass is 195 g/mol. The van der Waals surface area contributed by atoms with E-state index in [-0.39, 0.29) is 24.3 Å². The Balaban J connectivity index is 2.99. The first-order valence-electron chi connectivity index (χ1n) is 4.70. The maximum atomic E-state index is 13.2. The number of ketones is 1. The van der Waals surface area contributed by atoms with Crippen molar-refractivity contribution in [3.63, 3.8) is 0 Å². The van der Waals surface area contributed by atoms with Gasteiger partial charge in [-0.05, 0) is 30.7 Å². The first kappa shape index (κ1) is 10.9. The molecule has 0 aliphatic heterocycles. The Morgan fingerprint density at radius 3 is 2.79 bits per heavy atom. The number of carbonyl (C=O) groups is 1. The molecule has 76 valence electrons. The van der Waals surface area contributed by atoms with E-state index in [0.29, 0.717) is 0 Å². The van der Waals surface area contributed by atoms with E-state index in [0.717, 1.165) is 12.0 Å². The van der Waals surface area contributed by atoms with Gasteiger partial charge in [0.05, 0.1) is 5.56 Å². The zero-order valence-corrected chi connectivity index (χ0v) is 8.22. The topological polar surface area (TPSA) is 43.1 Å². The molecule has 0 radical (unpaired) electrons. The van der Waals surface area contributed by atoms with Gasteiger partial charge in [-0.3, -0.25) is 4.79 Å². The summed E-state index contributed by atoms with van der Waals surface area (Å²) in [5.41, 5.74) is 6.37. The molecule has 0 unspecified atom stereocenters. The summed E-state index contributed by atoms with van der Waals surface area (Å²) in [5, 5.41) is 0. The highest BCUT2D eigenvalue weighted by atomic mass is 19.1. The number of hydrogen-bond acceptors (Lipinski definition) is 2. The molecule has 3 heteroatoms. The van der Waals surface area contributed by atoms with Gasteiger partial charge < -0.3 is 5.73 Å². The van der Waals surface area contributed by atoms with Gasteiger partial charge in [-0.2, -0.15) is 0 Å². The molecule has 0 fully saturated rings. The van der Waals surface area contributed by atoms with E-state index < -0.39 is 5.82 Å². The molecule has 1 rings (SSSR count). The summed E-state index contributed by atoms with van der Waals surface area (Å²) in [6.45, 7) is 2.22. The normalized spacial score (nSPS) is 10.2. The van der Waals surface area contributed by atoms with Gasteiger partial charge in [0, 0.05) is 6.42 Å². The first-order valence-corrected chi connectivity index (χ1v) is 4.70. The van der Waals surface area contributed by atoms with Crippen molar-refractivity contribution in [1.29, 1.82) is 0 Å². The van der Waals surface area contributed by atoms with Crippen LogP contribution >= 0.6 is 0 Å². The average molecular weight is 195 g/mol. The van der Waals surface area contributed by atoms with E-state index in [1.807, 2.05) is 6.92 Å². The number of rotatable bonds is 4. The van der Waals surface area contributed by atoms with Gasteiger partial charge in [0.25, 0.3) is 0 Å². The van der Waals surface area contributed by atoms with Gasteiger partial charge in [-0.15, -0.1) is 0 Å². The van der Waals surface area contributed by atoms with Crippen molar-refractivity contribution in [2.45, 2.75) is 19.8 Å². The van der Waals surface area contributed by atoms with Gasteiger partial charge >= 0.3 is 0 Å². The van der Waals surface area contributed by atoms with E-state index in [4.69, 9.17) is 5.73 Å². The van der Waals surface area contributed by atoms with E-state index in [9.17, 15) is 9.18 Å². The second-order valence-corrected chi connectivity index (χ2v) is 3.13. The summed E-state index contributed by atoms with van der Waals surface area (Å²) in [6.07, 6.45) is 0.993. The second kappa shape index (κ2) is 4.86. The first-order chi connectivity index (χ1) is 6.69. The summed E-state index contributed by atoms with van der Waals surface area (Å²) >= 11 is 0. The summed E-state index contributed by atoms with van der Waals surface area (Å²) in [4.78, 5) is 11.4. The van der Waals surface area contributed by atoms with Crippen molar-refractivity contribution in [2.24, 2.45) is 5.73 Å². The van der Waals surface area contributed by atoms with Gasteiger partial charge in [0.1, 0.15) is 5.82 Å². The third kappa shape index (κ3) is 2.39. The van der Waals surface area contributed by atoms with Crippen molar-refractivity contribution >= 4 is 5.78 Å². The SMILES string of the molecule is CCc1ccc(F)c(C(=O)CCN)c1. The fourth-order valence-corrected chi connectivity index (χ4v) is 1.27. The Hall–Kier alpha value is -1.22. The summed E-state index contributed by atoms with van der Waals surface area (Å²) in [5.74, 6) is -0.680. The molecule has 0 atom stereocenters. The Morgan fingerprint density at radius 2 is 2.21 bits per heavy atom. The van der Waals surface area contributed by atoms with Crippen LogP contribution in [0.1, 0.15) is 29.3 Å². The number of nitrogens with two attached hydrogens (primary N) is 1. The van der Waals surface area contributed by atoms with Gasteiger partial charge in [-0.1, -0.05) is 13.0 Å². The Kier molecular flexibility index (Phi) is 3.77. The zero-order valence-electron chi connectivity index (χ0n) is 8.22. The summed E-state index contributed by atoms with van der Waals surface area (Å²) in [7, 11) is 0.